The van der Waals surface area contributed by atoms with Gasteiger partial charge in [0.15, 0.2) is 5.13 Å². The third kappa shape index (κ3) is 2.82. The number of carbonyl (C=O) groups is 1. The van der Waals surface area contributed by atoms with Crippen molar-refractivity contribution in [3.63, 3.8) is 0 Å². The number of anilines is 1. The first-order chi connectivity index (χ1) is 11.2. The van der Waals surface area contributed by atoms with Gasteiger partial charge in [-0.15, -0.1) is 11.3 Å². The van der Waals surface area contributed by atoms with Gasteiger partial charge in [-0.2, -0.15) is 0 Å². The number of thiazole rings is 1. The van der Waals surface area contributed by atoms with Crippen molar-refractivity contribution in [2.24, 2.45) is 0 Å². The van der Waals surface area contributed by atoms with Gasteiger partial charge in [0, 0.05) is 20.5 Å². The molecule has 23 heavy (non-hydrogen) atoms. The first kappa shape index (κ1) is 14.6. The lowest BCUT2D eigenvalue weighted by Gasteiger charge is -2.13. The van der Waals surface area contributed by atoms with Gasteiger partial charge in [-0.05, 0) is 36.6 Å². The molecular formula is C18H13BrN2OS. The number of nitrogens with one attached hydrogen (secondary N) is 1. The molecule has 0 atom stereocenters. The summed E-state index contributed by atoms with van der Waals surface area (Å²) in [5.74, 6) is -0.134. The molecule has 114 valence electrons. The number of amides is 1. The fourth-order valence-electron chi connectivity index (χ4n) is 2.80. The summed E-state index contributed by atoms with van der Waals surface area (Å²) in [4.78, 5) is 18.3. The Morgan fingerprint density at radius 2 is 2.00 bits per heavy atom. The molecule has 5 heteroatoms. The van der Waals surface area contributed by atoms with Crippen LogP contribution in [0.5, 0.6) is 0 Å². The second-order valence-corrected chi connectivity index (χ2v) is 7.41. The number of aromatic nitrogens is 1. The van der Waals surface area contributed by atoms with Crippen LogP contribution in [0.25, 0.3) is 11.3 Å². The average Bonchev–Trinajstić information content (AvgIpc) is 2.97. The van der Waals surface area contributed by atoms with E-state index >= 15 is 0 Å². The van der Waals surface area contributed by atoms with Crippen LogP contribution in [-0.2, 0) is 12.8 Å². The highest BCUT2D eigenvalue weighted by Crippen LogP contribution is 2.38. The van der Waals surface area contributed by atoms with Gasteiger partial charge in [0.1, 0.15) is 0 Å². The van der Waals surface area contributed by atoms with Crippen molar-refractivity contribution in [1.82, 2.24) is 4.98 Å². The molecule has 2 aromatic carbocycles. The highest BCUT2D eigenvalue weighted by Gasteiger charge is 2.21. The Morgan fingerprint density at radius 1 is 1.13 bits per heavy atom. The Morgan fingerprint density at radius 3 is 2.87 bits per heavy atom. The van der Waals surface area contributed by atoms with Crippen LogP contribution >= 0.6 is 27.3 Å². The van der Waals surface area contributed by atoms with E-state index in [0.29, 0.717) is 10.7 Å². The Labute approximate surface area is 146 Å². The highest BCUT2D eigenvalue weighted by atomic mass is 79.9. The lowest BCUT2D eigenvalue weighted by molar-refractivity contribution is 0.102. The molecule has 0 radical (unpaired) electrons. The second kappa shape index (κ2) is 5.91. The van der Waals surface area contributed by atoms with Crippen molar-refractivity contribution in [3.05, 3.63) is 69.0 Å². The topological polar surface area (TPSA) is 42.0 Å². The van der Waals surface area contributed by atoms with E-state index in [1.54, 1.807) is 23.5 Å². The summed E-state index contributed by atoms with van der Waals surface area (Å²) in [6.07, 6.45) is 2.02. The van der Waals surface area contributed by atoms with E-state index in [1.165, 1.54) is 16.0 Å². The Kier molecular flexibility index (Phi) is 3.75. The van der Waals surface area contributed by atoms with Crippen molar-refractivity contribution in [2.75, 3.05) is 5.32 Å². The van der Waals surface area contributed by atoms with Gasteiger partial charge in [-0.1, -0.05) is 46.3 Å². The number of benzene rings is 2. The minimum atomic E-state index is -0.134. The van der Waals surface area contributed by atoms with Gasteiger partial charge in [0.05, 0.1) is 5.69 Å². The van der Waals surface area contributed by atoms with Gasteiger partial charge >= 0.3 is 0 Å². The Bertz CT molecular complexity index is 904. The van der Waals surface area contributed by atoms with E-state index in [2.05, 4.69) is 44.4 Å². The van der Waals surface area contributed by atoms with Gasteiger partial charge in [0.25, 0.3) is 5.91 Å². The Hall–Kier alpha value is -1.98. The Balaban J connectivity index is 1.63. The molecular weight excluding hydrogens is 372 g/mol. The zero-order chi connectivity index (χ0) is 15.8. The minimum absolute atomic E-state index is 0.134. The monoisotopic (exact) mass is 384 g/mol. The zero-order valence-corrected chi connectivity index (χ0v) is 14.6. The van der Waals surface area contributed by atoms with Crippen LogP contribution < -0.4 is 5.32 Å². The molecule has 4 rings (SSSR count). The van der Waals surface area contributed by atoms with Crippen LogP contribution in [0.15, 0.2) is 53.0 Å². The maximum atomic E-state index is 12.4. The molecule has 1 N–H and O–H groups in total. The highest BCUT2D eigenvalue weighted by molar-refractivity contribution is 9.10. The summed E-state index contributed by atoms with van der Waals surface area (Å²) < 4.78 is 0.887. The van der Waals surface area contributed by atoms with Crippen LogP contribution in [-0.4, -0.2) is 10.9 Å². The van der Waals surface area contributed by atoms with E-state index in [0.717, 1.165) is 23.0 Å². The van der Waals surface area contributed by atoms with Gasteiger partial charge in [-0.3, -0.25) is 10.1 Å². The lowest BCUT2D eigenvalue weighted by Crippen LogP contribution is -2.11. The first-order valence-electron chi connectivity index (χ1n) is 7.35. The molecule has 1 aromatic heterocycles. The van der Waals surface area contributed by atoms with Crippen molar-refractivity contribution < 1.29 is 4.79 Å². The SMILES string of the molecule is O=C(Nc1nc2c(s1)CCc1ccccc1-2)c1cccc(Br)c1. The molecule has 3 nitrogen and oxygen atoms in total. The molecule has 3 aromatic rings. The van der Waals surface area contributed by atoms with Crippen molar-refractivity contribution >= 4 is 38.3 Å². The molecule has 0 fully saturated rings. The van der Waals surface area contributed by atoms with Crippen LogP contribution in [0.1, 0.15) is 20.8 Å². The first-order valence-corrected chi connectivity index (χ1v) is 8.96. The smallest absolute Gasteiger partial charge is 0.257 e. The van der Waals surface area contributed by atoms with Crippen molar-refractivity contribution in [2.45, 2.75) is 12.8 Å². The van der Waals surface area contributed by atoms with Crippen molar-refractivity contribution in [1.29, 1.82) is 0 Å². The normalized spacial score (nSPS) is 12.4. The maximum Gasteiger partial charge on any atom is 0.257 e. The van der Waals surface area contributed by atoms with Gasteiger partial charge in [-0.25, -0.2) is 4.98 Å². The summed E-state index contributed by atoms with van der Waals surface area (Å²) in [6.45, 7) is 0. The number of hydrogen-bond acceptors (Lipinski definition) is 3. The van der Waals surface area contributed by atoms with Crippen LogP contribution in [0.4, 0.5) is 5.13 Å². The second-order valence-electron chi connectivity index (χ2n) is 5.41. The average molecular weight is 385 g/mol. The molecule has 0 spiro atoms. The van der Waals surface area contributed by atoms with Gasteiger partial charge < -0.3 is 0 Å². The van der Waals surface area contributed by atoms with E-state index in [4.69, 9.17) is 0 Å². The molecule has 0 aliphatic heterocycles. The number of halogens is 1. The molecule has 1 aliphatic rings. The predicted molar refractivity (Wildman–Crippen MR) is 97.1 cm³/mol. The molecule has 1 amide bonds. The summed E-state index contributed by atoms with van der Waals surface area (Å²) >= 11 is 4.96. The number of nitrogens with zero attached hydrogens (tertiary/aromatic N) is 1. The number of aryl methyl sites for hydroxylation is 2. The minimum Gasteiger partial charge on any atom is -0.298 e. The molecule has 0 bridgehead atoms. The largest absolute Gasteiger partial charge is 0.298 e. The lowest BCUT2D eigenvalue weighted by atomic mass is 9.94. The van der Waals surface area contributed by atoms with Crippen LogP contribution in [0.3, 0.4) is 0 Å². The number of hydrogen-bond donors (Lipinski definition) is 1. The van der Waals surface area contributed by atoms with E-state index < -0.39 is 0 Å². The van der Waals surface area contributed by atoms with Gasteiger partial charge in [0.2, 0.25) is 0 Å². The third-order valence-corrected chi connectivity index (χ3v) is 5.42. The standard InChI is InChI=1S/C18H13BrN2OS/c19-13-6-3-5-12(10-13)17(22)21-18-20-16-14-7-2-1-4-11(14)8-9-15(16)23-18/h1-7,10H,8-9H2,(H,20,21,22). The molecule has 0 unspecified atom stereocenters. The number of carbonyl (C=O) groups excluding carboxylic acids is 1. The molecule has 1 aliphatic carbocycles. The van der Waals surface area contributed by atoms with Crippen LogP contribution in [0.2, 0.25) is 0 Å². The van der Waals surface area contributed by atoms with E-state index in [-0.39, 0.29) is 5.91 Å². The third-order valence-electron chi connectivity index (χ3n) is 3.90. The maximum absolute atomic E-state index is 12.4. The quantitative estimate of drug-likeness (QED) is 0.680. The summed E-state index contributed by atoms with van der Waals surface area (Å²) in [7, 11) is 0. The van der Waals surface area contributed by atoms with E-state index in [9.17, 15) is 4.79 Å². The molecule has 0 saturated carbocycles. The van der Waals surface area contributed by atoms with Crippen molar-refractivity contribution in [3.8, 4) is 11.3 Å². The molecule has 0 saturated heterocycles. The summed E-state index contributed by atoms with van der Waals surface area (Å²) in [6, 6.07) is 15.7. The van der Waals surface area contributed by atoms with Crippen LogP contribution in [0, 0.1) is 0 Å². The predicted octanol–water partition coefficient (Wildman–Crippen LogP) is 4.92. The van der Waals surface area contributed by atoms with E-state index in [1.807, 2.05) is 18.2 Å². The summed E-state index contributed by atoms with van der Waals surface area (Å²) in [5.41, 5.74) is 4.15. The summed E-state index contributed by atoms with van der Waals surface area (Å²) in [5, 5.41) is 3.58. The zero-order valence-electron chi connectivity index (χ0n) is 12.2. The fourth-order valence-corrected chi connectivity index (χ4v) is 4.17. The number of rotatable bonds is 2. The fraction of sp³-hybridized carbons (Fsp3) is 0.111. The molecule has 1 heterocycles. The number of fused-ring (bicyclic) bond motifs is 3.